The zero-order valence-electron chi connectivity index (χ0n) is 14.9. The molecular formula is C18H28N2O3S. The highest BCUT2D eigenvalue weighted by molar-refractivity contribution is 7.89. The van der Waals surface area contributed by atoms with Crippen LogP contribution in [0.15, 0.2) is 29.2 Å². The number of carbonyl (C=O) groups excluding carboxylic acids is 1. The first kappa shape index (κ1) is 18.9. The minimum Gasteiger partial charge on any atom is -0.342 e. The average molecular weight is 353 g/mol. The molecule has 1 fully saturated rings. The van der Waals surface area contributed by atoms with E-state index in [-0.39, 0.29) is 10.8 Å². The van der Waals surface area contributed by atoms with Gasteiger partial charge in [-0.05, 0) is 49.4 Å². The third kappa shape index (κ3) is 4.36. The summed E-state index contributed by atoms with van der Waals surface area (Å²) in [5, 5.41) is 0. The van der Waals surface area contributed by atoms with Gasteiger partial charge in [0.2, 0.25) is 10.0 Å². The number of rotatable bonds is 6. The van der Waals surface area contributed by atoms with Gasteiger partial charge in [0, 0.05) is 32.2 Å². The zero-order valence-corrected chi connectivity index (χ0v) is 15.7. The smallest absolute Gasteiger partial charge is 0.253 e. The van der Waals surface area contributed by atoms with E-state index in [1.165, 1.54) is 0 Å². The van der Waals surface area contributed by atoms with Gasteiger partial charge in [-0.3, -0.25) is 4.79 Å². The molecule has 24 heavy (non-hydrogen) atoms. The number of carbonyl (C=O) groups is 1. The molecule has 5 nitrogen and oxygen atoms in total. The monoisotopic (exact) mass is 352 g/mol. The van der Waals surface area contributed by atoms with E-state index in [4.69, 9.17) is 0 Å². The number of nitrogens with zero attached hydrogens (tertiary/aromatic N) is 2. The highest BCUT2D eigenvalue weighted by Gasteiger charge is 2.28. The Morgan fingerprint density at radius 1 is 1.29 bits per heavy atom. The Hall–Kier alpha value is -1.40. The predicted molar refractivity (Wildman–Crippen MR) is 95.5 cm³/mol. The van der Waals surface area contributed by atoms with E-state index in [0.717, 1.165) is 25.7 Å². The molecule has 0 aromatic heterocycles. The summed E-state index contributed by atoms with van der Waals surface area (Å²) in [5.74, 6) is 0.320. The number of sulfonamides is 1. The topological polar surface area (TPSA) is 57.7 Å². The number of hydrogen-bond donors (Lipinski definition) is 0. The first-order chi connectivity index (χ1) is 11.4. The minimum absolute atomic E-state index is 0.0704. The van der Waals surface area contributed by atoms with E-state index in [0.29, 0.717) is 31.1 Å². The summed E-state index contributed by atoms with van der Waals surface area (Å²) in [6.45, 7) is 6.02. The molecule has 1 saturated heterocycles. The van der Waals surface area contributed by atoms with Crippen LogP contribution < -0.4 is 0 Å². The van der Waals surface area contributed by atoms with Crippen LogP contribution in [0.2, 0.25) is 0 Å². The number of benzene rings is 1. The highest BCUT2D eigenvalue weighted by Crippen LogP contribution is 2.23. The molecule has 1 heterocycles. The molecule has 1 unspecified atom stereocenters. The summed E-state index contributed by atoms with van der Waals surface area (Å²) >= 11 is 0. The van der Waals surface area contributed by atoms with Crippen molar-refractivity contribution >= 4 is 15.9 Å². The lowest BCUT2D eigenvalue weighted by atomic mass is 10.0. The molecule has 2 rings (SSSR count). The van der Waals surface area contributed by atoms with Crippen molar-refractivity contribution in [2.24, 2.45) is 5.92 Å². The number of amides is 1. The lowest BCUT2D eigenvalue weighted by Gasteiger charge is -2.30. The molecule has 1 aliphatic rings. The SMILES string of the molecule is CCCCN(C)C(=O)c1ccc(S(=O)(=O)N2CCCC(C)C2)cc1. The largest absolute Gasteiger partial charge is 0.342 e. The molecule has 1 aromatic rings. The van der Waals surface area contributed by atoms with Gasteiger partial charge in [-0.25, -0.2) is 8.42 Å². The van der Waals surface area contributed by atoms with Crippen molar-refractivity contribution < 1.29 is 13.2 Å². The first-order valence-electron chi connectivity index (χ1n) is 8.72. The summed E-state index contributed by atoms with van der Waals surface area (Å²) in [6, 6.07) is 6.33. The summed E-state index contributed by atoms with van der Waals surface area (Å²) in [4.78, 5) is 14.3. The zero-order chi connectivity index (χ0) is 17.7. The molecular weight excluding hydrogens is 324 g/mol. The molecule has 1 aliphatic heterocycles. The van der Waals surface area contributed by atoms with Gasteiger partial charge in [-0.1, -0.05) is 20.3 Å². The lowest BCUT2D eigenvalue weighted by Crippen LogP contribution is -2.39. The van der Waals surface area contributed by atoms with Crippen LogP contribution in [-0.4, -0.2) is 50.2 Å². The summed E-state index contributed by atoms with van der Waals surface area (Å²) in [6.07, 6.45) is 3.97. The Morgan fingerprint density at radius 2 is 1.96 bits per heavy atom. The van der Waals surface area contributed by atoms with Crippen LogP contribution in [0.5, 0.6) is 0 Å². The molecule has 0 saturated carbocycles. The van der Waals surface area contributed by atoms with E-state index in [1.807, 2.05) is 0 Å². The van der Waals surface area contributed by atoms with Gasteiger partial charge < -0.3 is 4.90 Å². The molecule has 1 amide bonds. The molecule has 6 heteroatoms. The van der Waals surface area contributed by atoms with E-state index in [1.54, 1.807) is 40.5 Å². The third-order valence-electron chi connectivity index (χ3n) is 4.55. The fourth-order valence-corrected chi connectivity index (χ4v) is 4.60. The molecule has 0 aliphatic carbocycles. The standard InChI is InChI=1S/C18H28N2O3S/c1-4-5-12-19(3)18(21)16-8-10-17(11-9-16)24(22,23)20-13-6-7-15(2)14-20/h8-11,15H,4-7,12-14H2,1-3H3. The van der Waals surface area contributed by atoms with Gasteiger partial charge in [0.15, 0.2) is 0 Å². The maximum atomic E-state index is 12.7. The number of piperidine rings is 1. The lowest BCUT2D eigenvalue weighted by molar-refractivity contribution is 0.0793. The maximum absolute atomic E-state index is 12.7. The van der Waals surface area contributed by atoms with Crippen molar-refractivity contribution in [3.63, 3.8) is 0 Å². The van der Waals surface area contributed by atoms with E-state index >= 15 is 0 Å². The van der Waals surface area contributed by atoms with Crippen molar-refractivity contribution in [1.82, 2.24) is 9.21 Å². The fraction of sp³-hybridized carbons (Fsp3) is 0.611. The Labute approximate surface area is 145 Å². The minimum atomic E-state index is -3.46. The normalized spacial score (nSPS) is 19.2. The van der Waals surface area contributed by atoms with Gasteiger partial charge in [-0.2, -0.15) is 4.31 Å². The van der Waals surface area contributed by atoms with Crippen LogP contribution >= 0.6 is 0 Å². The Bertz CT molecular complexity index is 655. The molecule has 1 aromatic carbocycles. The van der Waals surface area contributed by atoms with E-state index in [9.17, 15) is 13.2 Å². The second-order valence-electron chi connectivity index (χ2n) is 6.72. The van der Waals surface area contributed by atoms with Crippen LogP contribution in [0.4, 0.5) is 0 Å². The number of unbranched alkanes of at least 4 members (excludes halogenated alkanes) is 1. The van der Waals surface area contributed by atoms with Crippen molar-refractivity contribution in [3.8, 4) is 0 Å². The van der Waals surface area contributed by atoms with Crippen LogP contribution in [0.3, 0.4) is 0 Å². The summed E-state index contributed by atoms with van der Waals surface area (Å²) < 4.78 is 27.0. The van der Waals surface area contributed by atoms with Crippen molar-refractivity contribution in [1.29, 1.82) is 0 Å². The molecule has 0 N–H and O–H groups in total. The highest BCUT2D eigenvalue weighted by atomic mass is 32.2. The second-order valence-corrected chi connectivity index (χ2v) is 8.65. The van der Waals surface area contributed by atoms with Gasteiger partial charge >= 0.3 is 0 Å². The Balaban J connectivity index is 2.12. The first-order valence-corrected chi connectivity index (χ1v) is 10.2. The third-order valence-corrected chi connectivity index (χ3v) is 6.43. The van der Waals surface area contributed by atoms with Crippen LogP contribution in [-0.2, 0) is 10.0 Å². The van der Waals surface area contributed by atoms with Gasteiger partial charge in [0.05, 0.1) is 4.90 Å². The molecule has 1 atom stereocenters. The van der Waals surface area contributed by atoms with Gasteiger partial charge in [-0.15, -0.1) is 0 Å². The molecule has 0 bridgehead atoms. The Kier molecular flexibility index (Phi) is 6.40. The molecule has 0 radical (unpaired) electrons. The van der Waals surface area contributed by atoms with Crippen LogP contribution in [0.1, 0.15) is 49.9 Å². The van der Waals surface area contributed by atoms with Crippen LogP contribution in [0.25, 0.3) is 0 Å². The summed E-state index contributed by atoms with van der Waals surface area (Å²) in [5.41, 5.74) is 0.527. The predicted octanol–water partition coefficient (Wildman–Crippen LogP) is 2.98. The fourth-order valence-electron chi connectivity index (χ4n) is 3.00. The van der Waals surface area contributed by atoms with Gasteiger partial charge in [0.25, 0.3) is 5.91 Å². The molecule has 0 spiro atoms. The second kappa shape index (κ2) is 8.12. The van der Waals surface area contributed by atoms with Crippen LogP contribution in [0, 0.1) is 5.92 Å². The quantitative estimate of drug-likeness (QED) is 0.791. The van der Waals surface area contributed by atoms with Crippen molar-refractivity contribution in [2.75, 3.05) is 26.7 Å². The van der Waals surface area contributed by atoms with Gasteiger partial charge in [0.1, 0.15) is 0 Å². The van der Waals surface area contributed by atoms with Crippen molar-refractivity contribution in [3.05, 3.63) is 29.8 Å². The van der Waals surface area contributed by atoms with E-state index < -0.39 is 10.0 Å². The van der Waals surface area contributed by atoms with E-state index in [2.05, 4.69) is 13.8 Å². The number of hydrogen-bond acceptors (Lipinski definition) is 3. The van der Waals surface area contributed by atoms with Crippen molar-refractivity contribution in [2.45, 2.75) is 44.4 Å². The molecule has 134 valence electrons. The average Bonchev–Trinajstić information content (AvgIpc) is 2.59. The summed E-state index contributed by atoms with van der Waals surface area (Å²) in [7, 11) is -1.69. The Morgan fingerprint density at radius 3 is 2.54 bits per heavy atom. The maximum Gasteiger partial charge on any atom is 0.253 e.